The Labute approximate surface area is 128 Å². The number of ether oxygens (including phenoxy) is 1. The Bertz CT molecular complexity index is 451. The molecule has 0 aromatic carbocycles. The van der Waals surface area contributed by atoms with Crippen molar-refractivity contribution < 1.29 is 4.74 Å². The predicted molar refractivity (Wildman–Crippen MR) is 84.1 cm³/mol. The third-order valence-corrected chi connectivity index (χ3v) is 5.27. The fourth-order valence-electron chi connectivity index (χ4n) is 4.16. The molecular weight excluding hydrogens is 262 g/mol. The van der Waals surface area contributed by atoms with Gasteiger partial charge < -0.3 is 14.6 Å². The Kier molecular flexibility index (Phi) is 4.65. The lowest BCUT2D eigenvalue weighted by atomic mass is 9.80. The Morgan fingerprint density at radius 1 is 1.48 bits per heavy atom. The van der Waals surface area contributed by atoms with Crippen LogP contribution >= 0.6 is 0 Å². The van der Waals surface area contributed by atoms with Crippen molar-refractivity contribution in [2.45, 2.75) is 63.5 Å². The molecule has 4 nitrogen and oxygen atoms in total. The van der Waals surface area contributed by atoms with Gasteiger partial charge in [-0.2, -0.15) is 0 Å². The zero-order valence-electron chi connectivity index (χ0n) is 13.5. The summed E-state index contributed by atoms with van der Waals surface area (Å²) in [7, 11) is 2.10. The minimum Gasteiger partial charge on any atom is -0.375 e. The Morgan fingerprint density at radius 2 is 2.29 bits per heavy atom. The van der Waals surface area contributed by atoms with Crippen LogP contribution in [0.5, 0.6) is 0 Å². The highest BCUT2D eigenvalue weighted by molar-refractivity contribution is 5.04. The van der Waals surface area contributed by atoms with Crippen LogP contribution in [0.25, 0.3) is 0 Å². The Hall–Kier alpha value is -0.870. The van der Waals surface area contributed by atoms with Gasteiger partial charge in [0.15, 0.2) is 0 Å². The number of hydrogen-bond acceptors (Lipinski definition) is 3. The third kappa shape index (κ3) is 3.16. The van der Waals surface area contributed by atoms with Crippen molar-refractivity contribution >= 4 is 0 Å². The van der Waals surface area contributed by atoms with E-state index in [1.165, 1.54) is 37.9 Å². The summed E-state index contributed by atoms with van der Waals surface area (Å²) in [6, 6.07) is 0.367. The molecule has 2 unspecified atom stereocenters. The molecule has 0 radical (unpaired) electrons. The van der Waals surface area contributed by atoms with Gasteiger partial charge in [-0.3, -0.25) is 0 Å². The number of nitrogens with zero attached hydrogens (tertiary/aromatic N) is 2. The second kappa shape index (κ2) is 6.49. The van der Waals surface area contributed by atoms with Crippen LogP contribution in [0, 0.1) is 5.92 Å². The van der Waals surface area contributed by atoms with Gasteiger partial charge in [-0.25, -0.2) is 4.98 Å². The molecule has 1 aromatic rings. The summed E-state index contributed by atoms with van der Waals surface area (Å²) in [6.45, 7) is 4.20. The van der Waals surface area contributed by atoms with Crippen LogP contribution in [0.4, 0.5) is 0 Å². The van der Waals surface area contributed by atoms with Crippen LogP contribution in [0.2, 0.25) is 0 Å². The zero-order valence-corrected chi connectivity index (χ0v) is 13.5. The monoisotopic (exact) mass is 291 g/mol. The van der Waals surface area contributed by atoms with E-state index in [2.05, 4.69) is 35.0 Å². The molecule has 118 valence electrons. The van der Waals surface area contributed by atoms with Gasteiger partial charge in [-0.15, -0.1) is 0 Å². The van der Waals surface area contributed by atoms with Crippen LogP contribution in [0.1, 0.15) is 63.7 Å². The van der Waals surface area contributed by atoms with Gasteiger partial charge in [0.2, 0.25) is 0 Å². The molecule has 2 heterocycles. The second-order valence-corrected chi connectivity index (χ2v) is 6.82. The fourth-order valence-corrected chi connectivity index (χ4v) is 4.16. The number of rotatable bonds is 5. The third-order valence-electron chi connectivity index (χ3n) is 5.27. The molecule has 4 heteroatoms. The van der Waals surface area contributed by atoms with Crippen LogP contribution in [0.15, 0.2) is 12.4 Å². The number of nitrogens with one attached hydrogen (secondary N) is 1. The van der Waals surface area contributed by atoms with Gasteiger partial charge in [0, 0.05) is 26.0 Å². The molecule has 1 saturated carbocycles. The minimum absolute atomic E-state index is 0.181. The summed E-state index contributed by atoms with van der Waals surface area (Å²) >= 11 is 0. The lowest BCUT2D eigenvalue weighted by Gasteiger charge is -2.41. The number of hydrogen-bond donors (Lipinski definition) is 1. The molecule has 2 atom stereocenters. The summed E-state index contributed by atoms with van der Waals surface area (Å²) in [5, 5.41) is 3.75. The summed E-state index contributed by atoms with van der Waals surface area (Å²) in [6.07, 6.45) is 12.7. The Balaban J connectivity index is 1.77. The molecule has 1 aliphatic carbocycles. The maximum Gasteiger partial charge on any atom is 0.125 e. The largest absolute Gasteiger partial charge is 0.375 e. The van der Waals surface area contributed by atoms with E-state index in [1.807, 2.05) is 6.20 Å². The van der Waals surface area contributed by atoms with E-state index in [0.717, 1.165) is 26.0 Å². The molecule has 2 fully saturated rings. The highest BCUT2D eigenvalue weighted by atomic mass is 16.5. The average molecular weight is 291 g/mol. The second-order valence-electron chi connectivity index (χ2n) is 6.82. The van der Waals surface area contributed by atoms with Crippen molar-refractivity contribution in [2.24, 2.45) is 13.0 Å². The lowest BCUT2D eigenvalue weighted by Crippen LogP contribution is -2.42. The van der Waals surface area contributed by atoms with Crippen molar-refractivity contribution in [1.29, 1.82) is 0 Å². The molecular formula is C17H29N3O. The predicted octanol–water partition coefficient (Wildman–Crippen LogP) is 3.20. The van der Waals surface area contributed by atoms with E-state index in [9.17, 15) is 0 Å². The van der Waals surface area contributed by atoms with Crippen molar-refractivity contribution in [3.05, 3.63) is 18.2 Å². The summed E-state index contributed by atoms with van der Waals surface area (Å²) in [4.78, 5) is 4.62. The van der Waals surface area contributed by atoms with Gasteiger partial charge in [-0.1, -0.05) is 19.8 Å². The van der Waals surface area contributed by atoms with Crippen LogP contribution in [-0.4, -0.2) is 28.3 Å². The molecule has 1 saturated heterocycles. The maximum atomic E-state index is 6.20. The standard InChI is InChI=1S/C17H29N3O/c1-3-9-18-15(16-19-10-11-20(16)2)14-6-12-21-17(13-14)7-4-5-8-17/h10-11,14-15,18H,3-9,12-13H2,1-2H3. The van der Waals surface area contributed by atoms with E-state index in [1.54, 1.807) is 0 Å². The van der Waals surface area contributed by atoms with Crippen LogP contribution in [-0.2, 0) is 11.8 Å². The first kappa shape index (κ1) is 15.0. The van der Waals surface area contributed by atoms with Gasteiger partial charge in [-0.05, 0) is 44.6 Å². The van der Waals surface area contributed by atoms with Crippen molar-refractivity contribution in [3.8, 4) is 0 Å². The van der Waals surface area contributed by atoms with Gasteiger partial charge in [0.05, 0.1) is 11.6 Å². The fraction of sp³-hybridized carbons (Fsp3) is 0.824. The van der Waals surface area contributed by atoms with E-state index in [0.29, 0.717) is 12.0 Å². The van der Waals surface area contributed by atoms with Crippen LogP contribution in [0.3, 0.4) is 0 Å². The molecule has 0 amide bonds. The summed E-state index contributed by atoms with van der Waals surface area (Å²) < 4.78 is 8.37. The van der Waals surface area contributed by atoms with Crippen molar-refractivity contribution in [3.63, 3.8) is 0 Å². The highest BCUT2D eigenvalue weighted by Gasteiger charge is 2.42. The van der Waals surface area contributed by atoms with Crippen molar-refractivity contribution in [1.82, 2.24) is 14.9 Å². The minimum atomic E-state index is 0.181. The van der Waals surface area contributed by atoms with Gasteiger partial charge >= 0.3 is 0 Å². The first-order valence-electron chi connectivity index (χ1n) is 8.59. The maximum absolute atomic E-state index is 6.20. The first-order valence-corrected chi connectivity index (χ1v) is 8.59. The van der Waals surface area contributed by atoms with Crippen LogP contribution < -0.4 is 5.32 Å². The van der Waals surface area contributed by atoms with E-state index in [4.69, 9.17) is 4.74 Å². The van der Waals surface area contributed by atoms with E-state index < -0.39 is 0 Å². The molecule has 1 N–H and O–H groups in total. The molecule has 21 heavy (non-hydrogen) atoms. The van der Waals surface area contributed by atoms with Gasteiger partial charge in [0.1, 0.15) is 5.82 Å². The number of imidazole rings is 1. The number of aryl methyl sites for hydroxylation is 1. The molecule has 1 aliphatic heterocycles. The lowest BCUT2D eigenvalue weighted by molar-refractivity contribution is -0.0987. The smallest absolute Gasteiger partial charge is 0.125 e. The summed E-state index contributed by atoms with van der Waals surface area (Å²) in [5.74, 6) is 1.83. The first-order chi connectivity index (χ1) is 10.2. The Morgan fingerprint density at radius 3 is 2.95 bits per heavy atom. The molecule has 3 rings (SSSR count). The number of aromatic nitrogens is 2. The normalized spacial score (nSPS) is 26.3. The highest BCUT2D eigenvalue weighted by Crippen LogP contribution is 2.45. The SMILES string of the molecule is CCCNC(c1nccn1C)C1CCOC2(CCCC2)C1. The van der Waals surface area contributed by atoms with E-state index >= 15 is 0 Å². The zero-order chi connectivity index (χ0) is 14.7. The average Bonchev–Trinajstić information content (AvgIpc) is 3.10. The quantitative estimate of drug-likeness (QED) is 0.905. The molecule has 1 spiro atoms. The van der Waals surface area contributed by atoms with E-state index in [-0.39, 0.29) is 5.60 Å². The van der Waals surface area contributed by atoms with Crippen molar-refractivity contribution in [2.75, 3.05) is 13.2 Å². The summed E-state index contributed by atoms with van der Waals surface area (Å²) in [5.41, 5.74) is 0.181. The molecule has 2 aliphatic rings. The molecule has 0 bridgehead atoms. The van der Waals surface area contributed by atoms with Gasteiger partial charge in [0.25, 0.3) is 0 Å². The topological polar surface area (TPSA) is 39.1 Å². The molecule has 1 aromatic heterocycles.